The summed E-state index contributed by atoms with van der Waals surface area (Å²) in [4.78, 5) is 4.62. The van der Waals surface area contributed by atoms with Crippen molar-refractivity contribution in [3.63, 3.8) is 0 Å². The van der Waals surface area contributed by atoms with Crippen LogP contribution >= 0.6 is 0 Å². The number of benzene rings is 1. The van der Waals surface area contributed by atoms with Crippen molar-refractivity contribution < 1.29 is 22.6 Å². The number of anilines is 1. The Morgan fingerprint density at radius 3 is 2.61 bits per heavy atom. The summed E-state index contributed by atoms with van der Waals surface area (Å²) in [6.45, 7) is 6.20. The van der Waals surface area contributed by atoms with Gasteiger partial charge in [-0.1, -0.05) is 0 Å². The van der Waals surface area contributed by atoms with Crippen molar-refractivity contribution in [1.29, 1.82) is 0 Å². The van der Waals surface area contributed by atoms with Crippen LogP contribution < -0.4 is 9.64 Å². The maximum absolute atomic E-state index is 12.3. The Balaban J connectivity index is 1.64. The van der Waals surface area contributed by atoms with Crippen LogP contribution in [0, 0.1) is 0 Å². The monoisotopic (exact) mass is 330 g/mol. The molecule has 0 N–H and O–H groups in total. The van der Waals surface area contributed by atoms with Gasteiger partial charge in [0.25, 0.3) is 0 Å². The largest absolute Gasteiger partial charge is 0.573 e. The van der Waals surface area contributed by atoms with Crippen LogP contribution in [0.5, 0.6) is 5.75 Å². The number of fused-ring (bicyclic) bond motifs is 1. The van der Waals surface area contributed by atoms with Gasteiger partial charge in [-0.25, -0.2) is 0 Å². The summed E-state index contributed by atoms with van der Waals surface area (Å²) in [7, 11) is 0. The predicted octanol–water partition coefficient (Wildman–Crippen LogP) is 2.67. The molecule has 1 fully saturated rings. The van der Waals surface area contributed by atoms with Crippen LogP contribution in [0.3, 0.4) is 0 Å². The van der Waals surface area contributed by atoms with Gasteiger partial charge in [-0.2, -0.15) is 0 Å². The molecule has 0 aliphatic carbocycles. The van der Waals surface area contributed by atoms with Crippen molar-refractivity contribution in [2.75, 3.05) is 50.8 Å². The SMILES string of the molecule is FC(F)(F)Oc1ccc2c(c1)CCCN2CCN1CCOCC1. The second-order valence-corrected chi connectivity index (χ2v) is 5.88. The third-order valence-electron chi connectivity index (χ3n) is 4.29. The molecule has 3 rings (SSSR count). The van der Waals surface area contributed by atoms with E-state index in [2.05, 4.69) is 14.5 Å². The van der Waals surface area contributed by atoms with Crippen molar-refractivity contribution in [3.8, 4) is 5.75 Å². The number of morpholine rings is 1. The van der Waals surface area contributed by atoms with E-state index in [0.717, 1.165) is 70.0 Å². The van der Waals surface area contributed by atoms with E-state index >= 15 is 0 Å². The summed E-state index contributed by atoms with van der Waals surface area (Å²) in [5.74, 6) is -0.133. The average molecular weight is 330 g/mol. The van der Waals surface area contributed by atoms with Crippen LogP contribution in [0.25, 0.3) is 0 Å². The molecule has 1 aromatic rings. The number of ether oxygens (including phenoxy) is 2. The van der Waals surface area contributed by atoms with Gasteiger partial charge in [0.15, 0.2) is 0 Å². The number of rotatable bonds is 4. The number of hydrogen-bond acceptors (Lipinski definition) is 4. The highest BCUT2D eigenvalue weighted by molar-refractivity contribution is 5.58. The van der Waals surface area contributed by atoms with E-state index in [1.54, 1.807) is 6.07 Å². The van der Waals surface area contributed by atoms with E-state index in [1.807, 2.05) is 0 Å². The Morgan fingerprint density at radius 1 is 1.09 bits per heavy atom. The molecule has 128 valence electrons. The first-order valence-electron chi connectivity index (χ1n) is 7.95. The van der Waals surface area contributed by atoms with Gasteiger partial charge in [0.1, 0.15) is 5.75 Å². The van der Waals surface area contributed by atoms with Crippen LogP contribution in [-0.4, -0.2) is 57.2 Å². The molecule has 1 saturated heterocycles. The topological polar surface area (TPSA) is 24.9 Å². The lowest BCUT2D eigenvalue weighted by Gasteiger charge is -2.34. The van der Waals surface area contributed by atoms with Crippen LogP contribution in [-0.2, 0) is 11.2 Å². The van der Waals surface area contributed by atoms with Crippen LogP contribution in [0.4, 0.5) is 18.9 Å². The fraction of sp³-hybridized carbons (Fsp3) is 0.625. The second-order valence-electron chi connectivity index (χ2n) is 5.88. The van der Waals surface area contributed by atoms with E-state index in [1.165, 1.54) is 12.1 Å². The van der Waals surface area contributed by atoms with Crippen molar-refractivity contribution in [2.45, 2.75) is 19.2 Å². The number of nitrogens with zero attached hydrogens (tertiary/aromatic N) is 2. The molecule has 2 aliphatic heterocycles. The molecule has 2 aliphatic rings. The van der Waals surface area contributed by atoms with Gasteiger partial charge in [-0.15, -0.1) is 13.2 Å². The van der Waals surface area contributed by atoms with E-state index in [4.69, 9.17) is 4.74 Å². The van der Waals surface area contributed by atoms with Crippen molar-refractivity contribution in [1.82, 2.24) is 4.90 Å². The van der Waals surface area contributed by atoms with E-state index < -0.39 is 6.36 Å². The Hall–Kier alpha value is -1.47. The predicted molar refractivity (Wildman–Crippen MR) is 80.9 cm³/mol. The lowest BCUT2D eigenvalue weighted by Crippen LogP contribution is -2.42. The minimum absolute atomic E-state index is 0.133. The van der Waals surface area contributed by atoms with Gasteiger partial charge in [0, 0.05) is 38.4 Å². The number of alkyl halides is 3. The molecule has 0 unspecified atom stereocenters. The molecule has 1 aromatic carbocycles. The minimum atomic E-state index is -4.64. The highest BCUT2D eigenvalue weighted by atomic mass is 19.4. The summed E-state index contributed by atoms with van der Waals surface area (Å²) in [5, 5.41) is 0. The zero-order valence-corrected chi connectivity index (χ0v) is 12.9. The van der Waals surface area contributed by atoms with Gasteiger partial charge in [0.05, 0.1) is 13.2 Å². The lowest BCUT2D eigenvalue weighted by molar-refractivity contribution is -0.274. The van der Waals surface area contributed by atoms with Crippen molar-refractivity contribution >= 4 is 5.69 Å². The summed E-state index contributed by atoms with van der Waals surface area (Å²) in [6.07, 6.45) is -2.90. The minimum Gasteiger partial charge on any atom is -0.406 e. The molecule has 0 spiro atoms. The highest BCUT2D eigenvalue weighted by Crippen LogP contribution is 2.32. The van der Waals surface area contributed by atoms with Gasteiger partial charge < -0.3 is 14.4 Å². The van der Waals surface area contributed by atoms with Crippen molar-refractivity contribution in [3.05, 3.63) is 23.8 Å². The van der Waals surface area contributed by atoms with Gasteiger partial charge in [0.2, 0.25) is 0 Å². The lowest BCUT2D eigenvalue weighted by atomic mass is 10.0. The van der Waals surface area contributed by atoms with Crippen LogP contribution in [0.2, 0.25) is 0 Å². The van der Waals surface area contributed by atoms with Crippen LogP contribution in [0.1, 0.15) is 12.0 Å². The summed E-state index contributed by atoms with van der Waals surface area (Å²) >= 11 is 0. The Bertz CT molecular complexity index is 531. The molecular weight excluding hydrogens is 309 g/mol. The fourth-order valence-corrected chi connectivity index (χ4v) is 3.17. The molecule has 0 saturated carbocycles. The highest BCUT2D eigenvalue weighted by Gasteiger charge is 2.31. The first kappa shape index (κ1) is 16.4. The zero-order chi connectivity index (χ0) is 16.3. The smallest absolute Gasteiger partial charge is 0.406 e. The van der Waals surface area contributed by atoms with E-state index in [9.17, 15) is 13.2 Å². The molecule has 0 aromatic heterocycles. The first-order chi connectivity index (χ1) is 11.0. The summed E-state index contributed by atoms with van der Waals surface area (Å²) in [5.41, 5.74) is 1.96. The normalized spacial score (nSPS) is 19.5. The Kier molecular flexibility index (Phi) is 4.96. The summed E-state index contributed by atoms with van der Waals surface area (Å²) in [6, 6.07) is 4.66. The van der Waals surface area contributed by atoms with Gasteiger partial charge in [-0.05, 0) is 36.6 Å². The van der Waals surface area contributed by atoms with Crippen LogP contribution in [0.15, 0.2) is 18.2 Å². The van der Waals surface area contributed by atoms with E-state index in [0.29, 0.717) is 0 Å². The van der Waals surface area contributed by atoms with Crippen molar-refractivity contribution in [2.24, 2.45) is 0 Å². The van der Waals surface area contributed by atoms with Gasteiger partial charge >= 0.3 is 6.36 Å². The van der Waals surface area contributed by atoms with Gasteiger partial charge in [-0.3, -0.25) is 4.90 Å². The number of halogens is 3. The maximum Gasteiger partial charge on any atom is 0.573 e. The standard InChI is InChI=1S/C16H21F3N2O2/c17-16(18,19)23-14-3-4-15-13(12-14)2-1-5-21(15)7-6-20-8-10-22-11-9-20/h3-4,12H,1-2,5-11H2. The molecule has 7 heteroatoms. The molecular formula is C16H21F3N2O2. The zero-order valence-electron chi connectivity index (χ0n) is 12.9. The molecule has 23 heavy (non-hydrogen) atoms. The molecule has 2 heterocycles. The second kappa shape index (κ2) is 6.97. The third kappa shape index (κ3) is 4.51. The molecule has 0 amide bonds. The molecule has 0 radical (unpaired) electrons. The maximum atomic E-state index is 12.3. The quantitative estimate of drug-likeness (QED) is 0.847. The third-order valence-corrected chi connectivity index (χ3v) is 4.29. The van der Waals surface area contributed by atoms with E-state index in [-0.39, 0.29) is 5.75 Å². The Morgan fingerprint density at radius 2 is 1.87 bits per heavy atom. The summed E-state index contributed by atoms with van der Waals surface area (Å²) < 4.78 is 46.3. The number of hydrogen-bond donors (Lipinski definition) is 0. The first-order valence-corrected chi connectivity index (χ1v) is 7.95. The fourth-order valence-electron chi connectivity index (χ4n) is 3.17. The average Bonchev–Trinajstić information content (AvgIpc) is 2.52. The Labute approximate surface area is 133 Å². The number of aryl methyl sites for hydroxylation is 1. The molecule has 0 bridgehead atoms. The molecule has 4 nitrogen and oxygen atoms in total. The molecule has 0 atom stereocenters.